The van der Waals surface area contributed by atoms with E-state index in [1.807, 2.05) is 0 Å². The van der Waals surface area contributed by atoms with Gasteiger partial charge in [-0.05, 0) is 12.1 Å². The summed E-state index contributed by atoms with van der Waals surface area (Å²) in [6, 6.07) is 7.01. The van der Waals surface area contributed by atoms with Gasteiger partial charge in [0.25, 0.3) is 0 Å². The zero-order chi connectivity index (χ0) is 16.7. The van der Waals surface area contributed by atoms with Crippen LogP contribution in [0.15, 0.2) is 30.3 Å². The number of para-hydroxylation sites is 1. The fourth-order valence-electron chi connectivity index (χ4n) is 2.20. The summed E-state index contributed by atoms with van der Waals surface area (Å²) in [4.78, 5) is 16.5. The molecule has 0 aliphatic heterocycles. The molecule has 0 saturated carbocycles. The van der Waals surface area contributed by atoms with E-state index < -0.39 is 11.8 Å². The van der Waals surface area contributed by atoms with Crippen molar-refractivity contribution in [2.45, 2.75) is 0 Å². The number of nitrogens with zero attached hydrogens (tertiary/aromatic N) is 4. The Hall–Kier alpha value is -2.38. The molecule has 1 N–H and O–H groups in total. The zero-order valence-corrected chi connectivity index (χ0v) is 13.2. The average molecular weight is 355 g/mol. The van der Waals surface area contributed by atoms with Gasteiger partial charge in [-0.2, -0.15) is 9.61 Å². The highest BCUT2D eigenvalue weighted by Crippen LogP contribution is 2.33. The van der Waals surface area contributed by atoms with Crippen molar-refractivity contribution in [1.29, 1.82) is 0 Å². The van der Waals surface area contributed by atoms with Crippen molar-refractivity contribution >= 4 is 46.3 Å². The lowest BCUT2D eigenvalue weighted by Crippen LogP contribution is -2.16. The Morgan fingerprint density at radius 2 is 2.09 bits per heavy atom. The van der Waals surface area contributed by atoms with Gasteiger partial charge < -0.3 is 10.0 Å². The highest BCUT2D eigenvalue weighted by Gasteiger charge is 2.19. The SMILES string of the molecule is CN(c1c(F)cccc1Cl)c1cc(Cl)nc2cc(C(=O)O)nn12. The molecule has 0 saturated heterocycles. The van der Waals surface area contributed by atoms with Crippen LogP contribution in [0.5, 0.6) is 0 Å². The van der Waals surface area contributed by atoms with Crippen LogP contribution in [0.3, 0.4) is 0 Å². The van der Waals surface area contributed by atoms with E-state index in [0.717, 1.165) is 0 Å². The molecule has 2 aromatic heterocycles. The Morgan fingerprint density at radius 1 is 1.35 bits per heavy atom. The number of anilines is 2. The number of carboxylic acids is 1. The van der Waals surface area contributed by atoms with Crippen LogP contribution < -0.4 is 4.90 Å². The fourth-order valence-corrected chi connectivity index (χ4v) is 2.67. The van der Waals surface area contributed by atoms with Crippen LogP contribution in [0.2, 0.25) is 10.2 Å². The molecular formula is C14H9Cl2FN4O2. The van der Waals surface area contributed by atoms with E-state index >= 15 is 0 Å². The largest absolute Gasteiger partial charge is 0.476 e. The molecule has 0 spiro atoms. The van der Waals surface area contributed by atoms with Gasteiger partial charge in [0, 0.05) is 19.2 Å². The molecule has 9 heteroatoms. The molecule has 2 heterocycles. The highest BCUT2D eigenvalue weighted by molar-refractivity contribution is 6.33. The number of aromatic nitrogens is 3. The molecule has 0 radical (unpaired) electrons. The Labute approximate surface area is 139 Å². The van der Waals surface area contributed by atoms with E-state index in [-0.39, 0.29) is 27.2 Å². The molecule has 0 atom stereocenters. The summed E-state index contributed by atoms with van der Waals surface area (Å²) in [5.74, 6) is -1.42. The fraction of sp³-hybridized carbons (Fsp3) is 0.0714. The molecular weight excluding hydrogens is 346 g/mol. The summed E-state index contributed by atoms with van der Waals surface area (Å²) in [6.45, 7) is 0. The monoisotopic (exact) mass is 354 g/mol. The molecule has 0 bridgehead atoms. The summed E-state index contributed by atoms with van der Waals surface area (Å²) < 4.78 is 15.4. The number of carboxylic acid groups (broad SMARTS) is 1. The lowest BCUT2D eigenvalue weighted by molar-refractivity contribution is 0.0690. The van der Waals surface area contributed by atoms with E-state index in [1.54, 1.807) is 13.1 Å². The quantitative estimate of drug-likeness (QED) is 0.727. The molecule has 23 heavy (non-hydrogen) atoms. The third-order valence-corrected chi connectivity index (χ3v) is 3.71. The summed E-state index contributed by atoms with van der Waals surface area (Å²) in [6.07, 6.45) is 0. The van der Waals surface area contributed by atoms with Gasteiger partial charge in [0.15, 0.2) is 11.3 Å². The Morgan fingerprint density at radius 3 is 2.74 bits per heavy atom. The van der Waals surface area contributed by atoms with Crippen molar-refractivity contribution in [2.75, 3.05) is 11.9 Å². The molecule has 1 aromatic carbocycles. The van der Waals surface area contributed by atoms with Crippen LogP contribution in [0.25, 0.3) is 5.65 Å². The van der Waals surface area contributed by atoms with Crippen molar-refractivity contribution in [1.82, 2.24) is 14.6 Å². The van der Waals surface area contributed by atoms with Crippen molar-refractivity contribution < 1.29 is 14.3 Å². The van der Waals surface area contributed by atoms with E-state index in [2.05, 4.69) is 10.1 Å². The number of hydrogen-bond donors (Lipinski definition) is 1. The van der Waals surface area contributed by atoms with Gasteiger partial charge in [-0.3, -0.25) is 0 Å². The number of hydrogen-bond acceptors (Lipinski definition) is 4. The highest BCUT2D eigenvalue weighted by atomic mass is 35.5. The Balaban J connectivity index is 2.24. The van der Waals surface area contributed by atoms with Crippen LogP contribution >= 0.6 is 23.2 Å². The predicted octanol–water partition coefficient (Wildman–Crippen LogP) is 3.64. The van der Waals surface area contributed by atoms with E-state index in [1.165, 1.54) is 33.7 Å². The second-order valence-electron chi connectivity index (χ2n) is 4.67. The summed E-state index contributed by atoms with van der Waals surface area (Å²) >= 11 is 12.0. The lowest BCUT2D eigenvalue weighted by atomic mass is 10.3. The molecule has 6 nitrogen and oxygen atoms in total. The number of carbonyl (C=O) groups is 1. The zero-order valence-electron chi connectivity index (χ0n) is 11.7. The maximum atomic E-state index is 14.1. The first kappa shape index (κ1) is 15.5. The molecule has 0 aliphatic carbocycles. The molecule has 0 unspecified atom stereocenters. The molecule has 118 valence electrons. The normalized spacial score (nSPS) is 11.0. The van der Waals surface area contributed by atoms with Gasteiger partial charge in [-0.1, -0.05) is 29.3 Å². The van der Waals surface area contributed by atoms with Crippen LogP contribution in [-0.2, 0) is 0 Å². The minimum absolute atomic E-state index is 0.114. The Kier molecular flexibility index (Phi) is 3.83. The van der Waals surface area contributed by atoms with Gasteiger partial charge in [0.1, 0.15) is 16.8 Å². The van der Waals surface area contributed by atoms with Gasteiger partial charge >= 0.3 is 5.97 Å². The van der Waals surface area contributed by atoms with Crippen LogP contribution in [-0.4, -0.2) is 32.7 Å². The summed E-state index contributed by atoms with van der Waals surface area (Å²) in [5, 5.41) is 13.3. The van der Waals surface area contributed by atoms with E-state index in [9.17, 15) is 9.18 Å². The van der Waals surface area contributed by atoms with Gasteiger partial charge in [-0.15, -0.1) is 0 Å². The first-order chi connectivity index (χ1) is 10.9. The van der Waals surface area contributed by atoms with Gasteiger partial charge in [0.2, 0.25) is 0 Å². The molecule has 3 rings (SSSR count). The van der Waals surface area contributed by atoms with Crippen molar-refractivity contribution in [3.63, 3.8) is 0 Å². The van der Waals surface area contributed by atoms with Crippen LogP contribution in [0.4, 0.5) is 15.9 Å². The average Bonchev–Trinajstić information content (AvgIpc) is 2.90. The first-order valence-corrected chi connectivity index (χ1v) is 7.11. The minimum atomic E-state index is -1.20. The van der Waals surface area contributed by atoms with Crippen LogP contribution in [0, 0.1) is 5.82 Å². The minimum Gasteiger partial charge on any atom is -0.476 e. The van der Waals surface area contributed by atoms with E-state index in [0.29, 0.717) is 5.82 Å². The molecule has 3 aromatic rings. The maximum Gasteiger partial charge on any atom is 0.356 e. The van der Waals surface area contributed by atoms with Crippen molar-refractivity contribution in [3.8, 4) is 0 Å². The third-order valence-electron chi connectivity index (χ3n) is 3.21. The van der Waals surface area contributed by atoms with Crippen LogP contribution in [0.1, 0.15) is 10.5 Å². The topological polar surface area (TPSA) is 70.7 Å². The second-order valence-corrected chi connectivity index (χ2v) is 5.47. The van der Waals surface area contributed by atoms with Gasteiger partial charge in [-0.25, -0.2) is 14.2 Å². The maximum absolute atomic E-state index is 14.1. The smallest absolute Gasteiger partial charge is 0.356 e. The molecule has 0 fully saturated rings. The molecule has 0 aliphatic rings. The number of benzene rings is 1. The number of rotatable bonds is 3. The molecule has 0 amide bonds. The third kappa shape index (κ3) is 2.69. The number of halogens is 3. The second kappa shape index (κ2) is 5.68. The summed E-state index contributed by atoms with van der Waals surface area (Å²) in [7, 11) is 1.57. The number of aromatic carboxylic acids is 1. The predicted molar refractivity (Wildman–Crippen MR) is 84.4 cm³/mol. The number of fused-ring (bicyclic) bond motifs is 1. The standard InChI is InChI=1S/C14H9Cl2FN4O2/c1-20(13-7(15)3-2-4-8(13)17)12-6-10(16)18-11-5-9(14(22)23)19-21(11)12/h2-6H,1H3,(H,22,23). The summed E-state index contributed by atoms with van der Waals surface area (Å²) in [5.41, 5.74) is 0.142. The van der Waals surface area contributed by atoms with Crippen molar-refractivity contribution in [3.05, 3.63) is 52.0 Å². The van der Waals surface area contributed by atoms with E-state index in [4.69, 9.17) is 28.3 Å². The lowest BCUT2D eigenvalue weighted by Gasteiger charge is -2.21. The first-order valence-electron chi connectivity index (χ1n) is 6.36. The van der Waals surface area contributed by atoms with Gasteiger partial charge in [0.05, 0.1) is 10.7 Å². The Bertz CT molecular complexity index is 908. The van der Waals surface area contributed by atoms with Crippen molar-refractivity contribution in [2.24, 2.45) is 0 Å².